The molecule has 4 rings (SSSR count). The van der Waals surface area contributed by atoms with E-state index in [0.717, 1.165) is 30.3 Å². The van der Waals surface area contributed by atoms with Crippen LogP contribution in [0.25, 0.3) is 11.0 Å². The number of rotatable bonds is 7. The van der Waals surface area contributed by atoms with Gasteiger partial charge in [-0.15, -0.1) is 0 Å². The Morgan fingerprint density at radius 3 is 2.68 bits per heavy atom. The number of amides is 2. The van der Waals surface area contributed by atoms with Crippen LogP contribution in [-0.4, -0.2) is 44.1 Å². The Morgan fingerprint density at radius 2 is 1.94 bits per heavy atom. The third kappa shape index (κ3) is 4.95. The zero-order valence-corrected chi connectivity index (χ0v) is 18.7. The Morgan fingerprint density at radius 1 is 1.16 bits per heavy atom. The summed E-state index contributed by atoms with van der Waals surface area (Å²) in [5.74, 6) is 0.923. The van der Waals surface area contributed by atoms with Crippen molar-refractivity contribution in [3.8, 4) is 0 Å². The number of imidazole rings is 1. The lowest BCUT2D eigenvalue weighted by atomic mass is 9.97. The van der Waals surface area contributed by atoms with E-state index < -0.39 is 0 Å². The SMILES string of the molecule is C[C@@H]1CCC[C@@H](C)N1C(=O)Cn1c(SCC(=O)NCc2ccco2)nc2ccccc21. The molecule has 1 aliphatic heterocycles. The van der Waals surface area contributed by atoms with Crippen molar-refractivity contribution in [1.29, 1.82) is 0 Å². The predicted octanol–water partition coefficient (Wildman–Crippen LogP) is 3.83. The molecule has 1 fully saturated rings. The lowest BCUT2D eigenvalue weighted by Crippen LogP contribution is -2.48. The van der Waals surface area contributed by atoms with E-state index >= 15 is 0 Å². The Kier molecular flexibility index (Phi) is 6.65. The predicted molar refractivity (Wildman–Crippen MR) is 121 cm³/mol. The summed E-state index contributed by atoms with van der Waals surface area (Å²) in [5.41, 5.74) is 1.74. The van der Waals surface area contributed by atoms with Crippen molar-refractivity contribution in [3.63, 3.8) is 0 Å². The number of carbonyl (C=O) groups is 2. The summed E-state index contributed by atoms with van der Waals surface area (Å²) in [6.45, 7) is 4.83. The highest BCUT2D eigenvalue weighted by molar-refractivity contribution is 7.99. The summed E-state index contributed by atoms with van der Waals surface area (Å²) in [4.78, 5) is 32.2. The maximum absolute atomic E-state index is 13.2. The normalized spacial score (nSPS) is 19.0. The standard InChI is InChI=1S/C23H28N4O3S/c1-16-7-5-8-17(2)27(16)22(29)14-26-20-11-4-3-10-19(20)25-23(26)31-15-21(28)24-13-18-9-6-12-30-18/h3-4,6,9-12,16-17H,5,7-8,13-15H2,1-2H3,(H,24,28)/t16-,17-/m1/s1. The van der Waals surface area contributed by atoms with E-state index in [1.807, 2.05) is 39.8 Å². The maximum atomic E-state index is 13.2. The van der Waals surface area contributed by atoms with E-state index in [2.05, 4.69) is 24.1 Å². The number of nitrogens with one attached hydrogen (secondary N) is 1. The molecule has 0 unspecified atom stereocenters. The number of thioether (sulfide) groups is 1. The van der Waals surface area contributed by atoms with Crippen LogP contribution in [0, 0.1) is 0 Å². The Balaban J connectivity index is 1.47. The number of nitrogens with zero attached hydrogens (tertiary/aromatic N) is 3. The third-order valence-corrected chi connectivity index (χ3v) is 6.74. The van der Waals surface area contributed by atoms with Gasteiger partial charge in [0.15, 0.2) is 5.16 Å². The van der Waals surface area contributed by atoms with Gasteiger partial charge in [0.05, 0.1) is 29.6 Å². The van der Waals surface area contributed by atoms with Gasteiger partial charge >= 0.3 is 0 Å². The average molecular weight is 441 g/mol. The average Bonchev–Trinajstić information content (AvgIpc) is 3.39. The molecule has 0 saturated carbocycles. The number of furan rings is 1. The van der Waals surface area contributed by atoms with E-state index in [1.165, 1.54) is 11.8 Å². The summed E-state index contributed by atoms with van der Waals surface area (Å²) >= 11 is 1.35. The first kappa shape index (κ1) is 21.5. The van der Waals surface area contributed by atoms with Crippen molar-refractivity contribution in [2.24, 2.45) is 0 Å². The molecule has 0 bridgehead atoms. The first-order valence-electron chi connectivity index (χ1n) is 10.7. The molecule has 0 radical (unpaired) electrons. The number of fused-ring (bicyclic) bond motifs is 1. The van der Waals surface area contributed by atoms with Gasteiger partial charge in [0, 0.05) is 12.1 Å². The highest BCUT2D eigenvalue weighted by atomic mass is 32.2. The molecule has 3 aromatic rings. The summed E-state index contributed by atoms with van der Waals surface area (Å²) in [7, 11) is 0. The molecule has 2 atom stereocenters. The molecule has 1 aliphatic rings. The van der Waals surface area contributed by atoms with Gasteiger partial charge in [-0.25, -0.2) is 4.98 Å². The van der Waals surface area contributed by atoms with Crippen molar-refractivity contribution in [1.82, 2.24) is 19.8 Å². The van der Waals surface area contributed by atoms with Crippen LogP contribution in [-0.2, 0) is 22.7 Å². The Labute approximate surface area is 186 Å². The fraction of sp³-hybridized carbons (Fsp3) is 0.435. The van der Waals surface area contributed by atoms with E-state index in [4.69, 9.17) is 4.42 Å². The highest BCUT2D eigenvalue weighted by Crippen LogP contribution is 2.27. The Hall–Kier alpha value is -2.74. The molecule has 2 aromatic heterocycles. The molecule has 0 aliphatic carbocycles. The van der Waals surface area contributed by atoms with Gasteiger partial charge < -0.3 is 19.2 Å². The largest absolute Gasteiger partial charge is 0.467 e. The minimum absolute atomic E-state index is 0.104. The van der Waals surface area contributed by atoms with E-state index in [9.17, 15) is 9.59 Å². The van der Waals surface area contributed by atoms with Gasteiger partial charge in [-0.3, -0.25) is 9.59 Å². The van der Waals surface area contributed by atoms with Crippen LogP contribution in [0.3, 0.4) is 0 Å². The summed E-state index contributed by atoms with van der Waals surface area (Å²) in [6, 6.07) is 11.9. The lowest BCUT2D eigenvalue weighted by molar-refractivity contribution is -0.138. The molecule has 1 aromatic carbocycles. The number of hydrogen-bond donors (Lipinski definition) is 1. The molecular formula is C23H28N4O3S. The second kappa shape index (κ2) is 9.60. The zero-order chi connectivity index (χ0) is 21.8. The molecule has 31 heavy (non-hydrogen) atoms. The molecule has 2 amide bonds. The van der Waals surface area contributed by atoms with Crippen molar-refractivity contribution in [3.05, 3.63) is 48.4 Å². The molecule has 3 heterocycles. The fourth-order valence-corrected chi connectivity index (χ4v) is 5.07. The number of hydrogen-bond acceptors (Lipinski definition) is 5. The Bertz CT molecular complexity index is 1040. The molecule has 164 valence electrons. The van der Waals surface area contributed by atoms with E-state index in [1.54, 1.807) is 12.3 Å². The van der Waals surface area contributed by atoms with Gasteiger partial charge in [-0.05, 0) is 57.4 Å². The number of aromatic nitrogens is 2. The zero-order valence-electron chi connectivity index (χ0n) is 17.9. The molecular weight excluding hydrogens is 412 g/mol. The smallest absolute Gasteiger partial charge is 0.243 e. The summed E-state index contributed by atoms with van der Waals surface area (Å²) in [5, 5.41) is 3.53. The quantitative estimate of drug-likeness (QED) is 0.565. The van der Waals surface area contributed by atoms with Crippen LogP contribution >= 0.6 is 11.8 Å². The van der Waals surface area contributed by atoms with Gasteiger partial charge in [0.2, 0.25) is 11.8 Å². The summed E-state index contributed by atoms with van der Waals surface area (Å²) in [6.07, 6.45) is 4.82. The van der Waals surface area contributed by atoms with Gasteiger partial charge in [0.1, 0.15) is 12.3 Å². The van der Waals surface area contributed by atoms with Crippen molar-refractivity contribution in [2.45, 2.75) is 63.4 Å². The van der Waals surface area contributed by atoms with Gasteiger partial charge in [0.25, 0.3) is 0 Å². The van der Waals surface area contributed by atoms with Crippen LogP contribution in [0.5, 0.6) is 0 Å². The first-order valence-corrected chi connectivity index (χ1v) is 11.7. The molecule has 7 nitrogen and oxygen atoms in total. The fourth-order valence-electron chi connectivity index (χ4n) is 4.23. The number of carbonyl (C=O) groups excluding carboxylic acids is 2. The maximum Gasteiger partial charge on any atom is 0.243 e. The van der Waals surface area contributed by atoms with Crippen LogP contribution in [0.4, 0.5) is 0 Å². The molecule has 8 heteroatoms. The second-order valence-electron chi connectivity index (χ2n) is 8.04. The van der Waals surface area contributed by atoms with Crippen LogP contribution < -0.4 is 5.32 Å². The van der Waals surface area contributed by atoms with Crippen LogP contribution in [0.1, 0.15) is 38.9 Å². The number of likely N-dealkylation sites (tertiary alicyclic amines) is 1. The van der Waals surface area contributed by atoms with Gasteiger partial charge in [-0.2, -0.15) is 0 Å². The monoisotopic (exact) mass is 440 g/mol. The van der Waals surface area contributed by atoms with Crippen molar-refractivity contribution in [2.75, 3.05) is 5.75 Å². The molecule has 1 saturated heterocycles. The number of para-hydroxylation sites is 2. The second-order valence-corrected chi connectivity index (χ2v) is 8.99. The lowest BCUT2D eigenvalue weighted by Gasteiger charge is -2.39. The van der Waals surface area contributed by atoms with Crippen LogP contribution in [0.15, 0.2) is 52.2 Å². The third-order valence-electron chi connectivity index (χ3n) is 5.77. The van der Waals surface area contributed by atoms with Crippen LogP contribution in [0.2, 0.25) is 0 Å². The molecule has 1 N–H and O–H groups in total. The minimum atomic E-state index is -0.107. The number of benzene rings is 1. The highest BCUT2D eigenvalue weighted by Gasteiger charge is 2.29. The van der Waals surface area contributed by atoms with Crippen molar-refractivity contribution >= 4 is 34.6 Å². The topological polar surface area (TPSA) is 80.4 Å². The van der Waals surface area contributed by atoms with Crippen molar-refractivity contribution < 1.29 is 14.0 Å². The molecule has 0 spiro atoms. The number of piperidine rings is 1. The van der Waals surface area contributed by atoms with E-state index in [0.29, 0.717) is 17.5 Å². The van der Waals surface area contributed by atoms with E-state index in [-0.39, 0.29) is 36.2 Å². The first-order chi connectivity index (χ1) is 15.0. The summed E-state index contributed by atoms with van der Waals surface area (Å²) < 4.78 is 7.18. The minimum Gasteiger partial charge on any atom is -0.467 e. The van der Waals surface area contributed by atoms with Gasteiger partial charge in [-0.1, -0.05) is 23.9 Å².